The number of benzene rings is 1. The Morgan fingerprint density at radius 3 is 2.81 bits per heavy atom. The van der Waals surface area contributed by atoms with Crippen molar-refractivity contribution >= 4 is 10.9 Å². The second kappa shape index (κ2) is 6.12. The third kappa shape index (κ3) is 2.68. The van der Waals surface area contributed by atoms with Crippen LogP contribution in [0.1, 0.15) is 44.2 Å². The Labute approximate surface area is 126 Å². The van der Waals surface area contributed by atoms with Crippen LogP contribution < -0.4 is 5.32 Å². The van der Waals surface area contributed by atoms with Gasteiger partial charge < -0.3 is 10.1 Å². The molecule has 21 heavy (non-hydrogen) atoms. The highest BCUT2D eigenvalue weighted by atomic mass is 16.5. The van der Waals surface area contributed by atoms with Gasteiger partial charge in [-0.05, 0) is 50.6 Å². The van der Waals surface area contributed by atoms with Crippen molar-refractivity contribution in [1.29, 1.82) is 0 Å². The van der Waals surface area contributed by atoms with Crippen LogP contribution in [-0.2, 0) is 4.74 Å². The van der Waals surface area contributed by atoms with Crippen molar-refractivity contribution in [2.24, 2.45) is 0 Å². The molecule has 0 saturated heterocycles. The molecule has 1 aromatic heterocycles. The number of aromatic nitrogens is 1. The molecule has 1 aliphatic carbocycles. The summed E-state index contributed by atoms with van der Waals surface area (Å²) in [4.78, 5) is 4.41. The van der Waals surface area contributed by atoms with Gasteiger partial charge >= 0.3 is 0 Å². The molecule has 0 spiro atoms. The van der Waals surface area contributed by atoms with Gasteiger partial charge in [-0.25, -0.2) is 0 Å². The summed E-state index contributed by atoms with van der Waals surface area (Å²) in [7, 11) is 2.04. The van der Waals surface area contributed by atoms with Gasteiger partial charge in [-0.2, -0.15) is 0 Å². The van der Waals surface area contributed by atoms with E-state index in [2.05, 4.69) is 41.5 Å². The van der Waals surface area contributed by atoms with Crippen LogP contribution >= 0.6 is 0 Å². The summed E-state index contributed by atoms with van der Waals surface area (Å²) in [6, 6.07) is 10.9. The van der Waals surface area contributed by atoms with E-state index in [4.69, 9.17) is 4.74 Å². The topological polar surface area (TPSA) is 34.1 Å². The quantitative estimate of drug-likeness (QED) is 0.905. The summed E-state index contributed by atoms with van der Waals surface area (Å²) in [5, 5.41) is 4.70. The molecule has 0 radical (unpaired) electrons. The molecule has 0 aliphatic heterocycles. The number of likely N-dealkylation sites (N-methyl/N-ethyl adjacent to an activating group) is 1. The van der Waals surface area contributed by atoms with Crippen LogP contribution in [0.5, 0.6) is 0 Å². The standard InChI is InChI=1S/C18H24N2O/c1-3-21-18(10-4-5-11-18)17(19-2)15-8-9-16-14(13-15)7-6-12-20-16/h6-9,12-13,17,19H,3-5,10-11H2,1-2H3. The highest BCUT2D eigenvalue weighted by molar-refractivity contribution is 5.79. The van der Waals surface area contributed by atoms with E-state index in [1.165, 1.54) is 23.8 Å². The predicted octanol–water partition coefficient (Wildman–Crippen LogP) is 3.84. The maximum Gasteiger partial charge on any atom is 0.0876 e. The second-order valence-electron chi connectivity index (χ2n) is 5.88. The fourth-order valence-electron chi connectivity index (χ4n) is 3.78. The van der Waals surface area contributed by atoms with Gasteiger partial charge in [0.1, 0.15) is 0 Å². The van der Waals surface area contributed by atoms with Crippen molar-refractivity contribution < 1.29 is 4.74 Å². The Bertz CT molecular complexity index is 605. The van der Waals surface area contributed by atoms with Crippen molar-refractivity contribution in [3.63, 3.8) is 0 Å². The molecule has 2 aromatic rings. The maximum atomic E-state index is 6.23. The molecule has 1 unspecified atom stereocenters. The molecular formula is C18H24N2O. The van der Waals surface area contributed by atoms with Gasteiger partial charge in [-0.1, -0.05) is 25.0 Å². The Morgan fingerprint density at radius 2 is 2.10 bits per heavy atom. The SMILES string of the molecule is CCOC1(C(NC)c2ccc3ncccc3c2)CCCC1. The Morgan fingerprint density at radius 1 is 1.29 bits per heavy atom. The fourth-order valence-corrected chi connectivity index (χ4v) is 3.78. The number of nitrogens with one attached hydrogen (secondary N) is 1. The van der Waals surface area contributed by atoms with Gasteiger partial charge in [0.25, 0.3) is 0 Å². The van der Waals surface area contributed by atoms with E-state index in [0.29, 0.717) is 0 Å². The molecule has 1 fully saturated rings. The number of ether oxygens (including phenoxy) is 1. The summed E-state index contributed by atoms with van der Waals surface area (Å²) < 4.78 is 6.23. The van der Waals surface area contributed by atoms with Crippen LogP contribution in [0.2, 0.25) is 0 Å². The first-order chi connectivity index (χ1) is 10.3. The van der Waals surface area contributed by atoms with E-state index in [1.54, 1.807) is 0 Å². The van der Waals surface area contributed by atoms with Crippen LogP contribution in [0.15, 0.2) is 36.5 Å². The van der Waals surface area contributed by atoms with Crippen molar-refractivity contribution in [2.45, 2.75) is 44.2 Å². The lowest BCUT2D eigenvalue weighted by Crippen LogP contribution is -2.43. The van der Waals surface area contributed by atoms with E-state index in [1.807, 2.05) is 19.3 Å². The molecule has 112 valence electrons. The Hall–Kier alpha value is -1.45. The summed E-state index contributed by atoms with van der Waals surface area (Å²) in [5.74, 6) is 0. The number of hydrogen-bond donors (Lipinski definition) is 1. The van der Waals surface area contributed by atoms with E-state index in [-0.39, 0.29) is 11.6 Å². The Balaban J connectivity index is 2.00. The zero-order valence-electron chi connectivity index (χ0n) is 12.9. The highest BCUT2D eigenvalue weighted by Gasteiger charge is 2.42. The minimum Gasteiger partial charge on any atom is -0.373 e. The third-order valence-electron chi connectivity index (χ3n) is 4.66. The summed E-state index contributed by atoms with van der Waals surface area (Å²) in [5.41, 5.74) is 2.29. The van der Waals surface area contributed by atoms with E-state index in [0.717, 1.165) is 25.0 Å². The average molecular weight is 284 g/mol. The number of nitrogens with zero attached hydrogens (tertiary/aromatic N) is 1. The van der Waals surface area contributed by atoms with Gasteiger partial charge in [0.2, 0.25) is 0 Å². The van der Waals surface area contributed by atoms with Gasteiger partial charge in [-0.15, -0.1) is 0 Å². The van der Waals surface area contributed by atoms with Crippen LogP contribution in [-0.4, -0.2) is 24.2 Å². The van der Waals surface area contributed by atoms with Crippen molar-refractivity contribution in [1.82, 2.24) is 10.3 Å². The molecule has 1 aromatic carbocycles. The van der Waals surface area contributed by atoms with Crippen LogP contribution in [0, 0.1) is 0 Å². The van der Waals surface area contributed by atoms with Gasteiger partial charge in [-0.3, -0.25) is 4.98 Å². The lowest BCUT2D eigenvalue weighted by molar-refractivity contribution is -0.0610. The molecule has 1 N–H and O–H groups in total. The number of rotatable bonds is 5. The first-order valence-electron chi connectivity index (χ1n) is 7.95. The van der Waals surface area contributed by atoms with E-state index in [9.17, 15) is 0 Å². The average Bonchev–Trinajstić information content (AvgIpc) is 2.97. The summed E-state index contributed by atoms with van der Waals surface area (Å²) >= 11 is 0. The molecule has 3 rings (SSSR count). The molecule has 0 bridgehead atoms. The molecular weight excluding hydrogens is 260 g/mol. The molecule has 0 amide bonds. The minimum absolute atomic E-state index is 0.0562. The minimum atomic E-state index is -0.0562. The predicted molar refractivity (Wildman–Crippen MR) is 86.4 cm³/mol. The lowest BCUT2D eigenvalue weighted by Gasteiger charge is -2.37. The first kappa shape index (κ1) is 14.5. The lowest BCUT2D eigenvalue weighted by atomic mass is 9.86. The third-order valence-corrected chi connectivity index (χ3v) is 4.66. The van der Waals surface area contributed by atoms with Crippen molar-refractivity contribution in [3.05, 3.63) is 42.1 Å². The zero-order valence-corrected chi connectivity index (χ0v) is 12.9. The number of pyridine rings is 1. The highest BCUT2D eigenvalue weighted by Crippen LogP contribution is 2.43. The molecule has 3 nitrogen and oxygen atoms in total. The molecule has 1 aliphatic rings. The van der Waals surface area contributed by atoms with Crippen molar-refractivity contribution in [3.8, 4) is 0 Å². The molecule has 1 saturated carbocycles. The molecule has 1 atom stereocenters. The largest absolute Gasteiger partial charge is 0.373 e. The maximum absolute atomic E-state index is 6.23. The number of fused-ring (bicyclic) bond motifs is 1. The number of hydrogen-bond acceptors (Lipinski definition) is 3. The normalized spacial score (nSPS) is 19.0. The zero-order chi connectivity index (χ0) is 14.7. The smallest absolute Gasteiger partial charge is 0.0876 e. The summed E-state index contributed by atoms with van der Waals surface area (Å²) in [6.45, 7) is 2.87. The van der Waals surface area contributed by atoms with Gasteiger partial charge in [0, 0.05) is 18.2 Å². The van der Waals surface area contributed by atoms with E-state index >= 15 is 0 Å². The van der Waals surface area contributed by atoms with E-state index < -0.39 is 0 Å². The van der Waals surface area contributed by atoms with Crippen molar-refractivity contribution in [2.75, 3.05) is 13.7 Å². The monoisotopic (exact) mass is 284 g/mol. The molecule has 1 heterocycles. The Kier molecular flexibility index (Phi) is 4.22. The van der Waals surface area contributed by atoms with Crippen LogP contribution in [0.3, 0.4) is 0 Å². The van der Waals surface area contributed by atoms with Gasteiger partial charge in [0.05, 0.1) is 17.2 Å². The van der Waals surface area contributed by atoms with Crippen LogP contribution in [0.4, 0.5) is 0 Å². The fraction of sp³-hybridized carbons (Fsp3) is 0.500. The second-order valence-corrected chi connectivity index (χ2v) is 5.88. The molecule has 3 heteroatoms. The summed E-state index contributed by atoms with van der Waals surface area (Å²) in [6.07, 6.45) is 6.63. The van der Waals surface area contributed by atoms with Crippen LogP contribution in [0.25, 0.3) is 10.9 Å². The first-order valence-corrected chi connectivity index (χ1v) is 7.95. The van der Waals surface area contributed by atoms with Gasteiger partial charge in [0.15, 0.2) is 0 Å².